The van der Waals surface area contributed by atoms with Crippen LogP contribution in [-0.4, -0.2) is 12.0 Å². The topological polar surface area (TPSA) is 42.2 Å². The van der Waals surface area contributed by atoms with Gasteiger partial charge in [-0.3, -0.25) is 0 Å². The molecule has 3 nitrogen and oxygen atoms in total. The highest BCUT2D eigenvalue weighted by atomic mass is 19.1. The van der Waals surface area contributed by atoms with Crippen molar-refractivity contribution in [3.8, 4) is 0 Å². The number of nitrogens with zero attached hydrogens (tertiary/aromatic N) is 2. The second-order valence-electron chi connectivity index (χ2n) is 4.39. The Labute approximate surface area is 106 Å². The van der Waals surface area contributed by atoms with Crippen LogP contribution in [0.3, 0.4) is 0 Å². The molecule has 1 aromatic carbocycles. The predicted octanol–water partition coefficient (Wildman–Crippen LogP) is 2.75. The van der Waals surface area contributed by atoms with Crippen molar-refractivity contribution in [3.63, 3.8) is 0 Å². The van der Waals surface area contributed by atoms with E-state index in [1.165, 1.54) is 12.1 Å². The maximum atomic E-state index is 13.1. The van der Waals surface area contributed by atoms with Crippen molar-refractivity contribution in [2.45, 2.75) is 13.5 Å². The summed E-state index contributed by atoms with van der Waals surface area (Å²) in [7, 11) is 1.90. The summed E-state index contributed by atoms with van der Waals surface area (Å²) in [5, 5.41) is 0. The van der Waals surface area contributed by atoms with E-state index in [-0.39, 0.29) is 5.82 Å². The van der Waals surface area contributed by atoms with Crippen LogP contribution < -0.4 is 10.6 Å². The van der Waals surface area contributed by atoms with Crippen LogP contribution in [0, 0.1) is 12.7 Å². The van der Waals surface area contributed by atoms with E-state index in [1.54, 1.807) is 12.3 Å². The van der Waals surface area contributed by atoms with Gasteiger partial charge < -0.3 is 10.6 Å². The second-order valence-corrected chi connectivity index (χ2v) is 4.39. The van der Waals surface area contributed by atoms with Gasteiger partial charge in [-0.15, -0.1) is 0 Å². The lowest BCUT2D eigenvalue weighted by Gasteiger charge is -2.19. The quantitative estimate of drug-likeness (QED) is 0.904. The third-order valence-electron chi connectivity index (χ3n) is 2.83. The molecule has 18 heavy (non-hydrogen) atoms. The van der Waals surface area contributed by atoms with Crippen molar-refractivity contribution in [2.24, 2.45) is 0 Å². The SMILES string of the molecule is Cc1cnc(N(C)Cc2cccc(F)c2)cc1N. The van der Waals surface area contributed by atoms with Crippen molar-refractivity contribution in [3.05, 3.63) is 53.5 Å². The normalized spacial score (nSPS) is 10.4. The van der Waals surface area contributed by atoms with Crippen LogP contribution in [0.2, 0.25) is 0 Å². The molecule has 94 valence electrons. The van der Waals surface area contributed by atoms with Gasteiger partial charge in [0.25, 0.3) is 0 Å². The number of nitrogen functional groups attached to an aromatic ring is 1. The number of halogens is 1. The fourth-order valence-electron chi connectivity index (χ4n) is 1.73. The van der Waals surface area contributed by atoms with Crippen LogP contribution >= 0.6 is 0 Å². The average molecular weight is 245 g/mol. The number of hydrogen-bond acceptors (Lipinski definition) is 3. The molecule has 0 saturated heterocycles. The maximum absolute atomic E-state index is 13.1. The zero-order valence-electron chi connectivity index (χ0n) is 10.5. The number of aryl methyl sites for hydroxylation is 1. The molecular weight excluding hydrogens is 229 g/mol. The predicted molar refractivity (Wildman–Crippen MR) is 71.9 cm³/mol. The summed E-state index contributed by atoms with van der Waals surface area (Å²) in [6.45, 7) is 2.51. The smallest absolute Gasteiger partial charge is 0.130 e. The minimum Gasteiger partial charge on any atom is -0.398 e. The maximum Gasteiger partial charge on any atom is 0.130 e. The first-order valence-electron chi connectivity index (χ1n) is 5.74. The van der Waals surface area contributed by atoms with E-state index in [2.05, 4.69) is 4.98 Å². The molecule has 0 radical (unpaired) electrons. The third kappa shape index (κ3) is 2.77. The molecule has 0 saturated carbocycles. The van der Waals surface area contributed by atoms with E-state index >= 15 is 0 Å². The first-order chi connectivity index (χ1) is 8.56. The first kappa shape index (κ1) is 12.4. The summed E-state index contributed by atoms with van der Waals surface area (Å²) in [5.41, 5.74) is 8.42. The molecule has 0 aliphatic carbocycles. The summed E-state index contributed by atoms with van der Waals surface area (Å²) < 4.78 is 13.1. The van der Waals surface area contributed by atoms with Crippen LogP contribution in [0.5, 0.6) is 0 Å². The second kappa shape index (κ2) is 5.04. The summed E-state index contributed by atoms with van der Waals surface area (Å²) >= 11 is 0. The number of rotatable bonds is 3. The van der Waals surface area contributed by atoms with Gasteiger partial charge in [0.2, 0.25) is 0 Å². The molecular formula is C14H16FN3. The summed E-state index contributed by atoms with van der Waals surface area (Å²) in [4.78, 5) is 6.24. The van der Waals surface area contributed by atoms with Gasteiger partial charge in [-0.25, -0.2) is 9.37 Å². The zero-order valence-corrected chi connectivity index (χ0v) is 10.5. The molecule has 4 heteroatoms. The number of hydrogen-bond donors (Lipinski definition) is 1. The van der Waals surface area contributed by atoms with Gasteiger partial charge in [0.15, 0.2) is 0 Å². The van der Waals surface area contributed by atoms with Crippen LogP contribution in [0.4, 0.5) is 15.9 Å². The molecule has 0 amide bonds. The van der Waals surface area contributed by atoms with E-state index in [4.69, 9.17) is 5.73 Å². The van der Waals surface area contributed by atoms with Gasteiger partial charge in [-0.2, -0.15) is 0 Å². The van der Waals surface area contributed by atoms with Crippen molar-refractivity contribution in [1.29, 1.82) is 0 Å². The lowest BCUT2D eigenvalue weighted by atomic mass is 10.2. The largest absolute Gasteiger partial charge is 0.398 e. The number of pyridine rings is 1. The molecule has 0 fully saturated rings. The molecule has 0 aliphatic rings. The molecule has 2 rings (SSSR count). The Morgan fingerprint density at radius 2 is 2.11 bits per heavy atom. The minimum absolute atomic E-state index is 0.225. The molecule has 2 aromatic rings. The Hall–Kier alpha value is -2.10. The van der Waals surface area contributed by atoms with Gasteiger partial charge in [0.1, 0.15) is 11.6 Å². The standard InChI is InChI=1S/C14H16FN3/c1-10-8-17-14(7-13(10)16)18(2)9-11-4-3-5-12(15)6-11/h3-8H,9H2,1-2H3,(H2,16,17). The summed E-state index contributed by atoms with van der Waals surface area (Å²) in [5.74, 6) is 0.555. The lowest BCUT2D eigenvalue weighted by molar-refractivity contribution is 0.625. The lowest BCUT2D eigenvalue weighted by Crippen LogP contribution is -2.18. The van der Waals surface area contributed by atoms with E-state index in [0.29, 0.717) is 12.2 Å². The summed E-state index contributed by atoms with van der Waals surface area (Å²) in [6, 6.07) is 8.38. The molecule has 1 aromatic heterocycles. The zero-order chi connectivity index (χ0) is 13.1. The van der Waals surface area contributed by atoms with Crippen molar-refractivity contribution < 1.29 is 4.39 Å². The molecule has 1 heterocycles. The van der Waals surface area contributed by atoms with E-state index in [9.17, 15) is 4.39 Å². The molecule has 0 bridgehead atoms. The average Bonchev–Trinajstić information content (AvgIpc) is 2.32. The first-order valence-corrected chi connectivity index (χ1v) is 5.74. The molecule has 0 atom stereocenters. The van der Waals surface area contributed by atoms with Gasteiger partial charge in [0, 0.05) is 31.5 Å². The minimum atomic E-state index is -0.225. The van der Waals surface area contributed by atoms with E-state index in [1.807, 2.05) is 31.0 Å². The van der Waals surface area contributed by atoms with Gasteiger partial charge in [-0.05, 0) is 30.2 Å². The van der Waals surface area contributed by atoms with Crippen molar-refractivity contribution in [1.82, 2.24) is 4.98 Å². The Morgan fingerprint density at radius 1 is 1.33 bits per heavy atom. The summed E-state index contributed by atoms with van der Waals surface area (Å²) in [6.07, 6.45) is 1.74. The van der Waals surface area contributed by atoms with Crippen molar-refractivity contribution >= 4 is 11.5 Å². The highest BCUT2D eigenvalue weighted by Crippen LogP contribution is 2.18. The highest BCUT2D eigenvalue weighted by Gasteiger charge is 2.05. The highest BCUT2D eigenvalue weighted by molar-refractivity contribution is 5.54. The van der Waals surface area contributed by atoms with E-state index < -0.39 is 0 Å². The van der Waals surface area contributed by atoms with Gasteiger partial charge in [0.05, 0.1) is 0 Å². The molecule has 0 spiro atoms. The molecule has 0 unspecified atom stereocenters. The number of aromatic nitrogens is 1. The molecule has 2 N–H and O–H groups in total. The van der Waals surface area contributed by atoms with Gasteiger partial charge in [-0.1, -0.05) is 12.1 Å². The van der Waals surface area contributed by atoms with Crippen LogP contribution in [0.25, 0.3) is 0 Å². The van der Waals surface area contributed by atoms with Crippen molar-refractivity contribution in [2.75, 3.05) is 17.7 Å². The Kier molecular flexibility index (Phi) is 3.46. The molecule has 0 aliphatic heterocycles. The number of anilines is 2. The number of nitrogens with two attached hydrogens (primary N) is 1. The van der Waals surface area contributed by atoms with Crippen LogP contribution in [0.1, 0.15) is 11.1 Å². The Bertz CT molecular complexity index is 554. The monoisotopic (exact) mass is 245 g/mol. The van der Waals surface area contributed by atoms with Gasteiger partial charge >= 0.3 is 0 Å². The fourth-order valence-corrected chi connectivity index (χ4v) is 1.73. The fraction of sp³-hybridized carbons (Fsp3) is 0.214. The van der Waals surface area contributed by atoms with Crippen LogP contribution in [-0.2, 0) is 6.54 Å². The van der Waals surface area contributed by atoms with Crippen LogP contribution in [0.15, 0.2) is 36.5 Å². The number of benzene rings is 1. The third-order valence-corrected chi connectivity index (χ3v) is 2.83. The Balaban J connectivity index is 2.16. The Morgan fingerprint density at radius 3 is 2.78 bits per heavy atom. The van der Waals surface area contributed by atoms with E-state index in [0.717, 1.165) is 16.9 Å².